The highest BCUT2D eigenvalue weighted by Gasteiger charge is 2.25. The number of carbonyl (C=O) groups is 1. The van der Waals surface area contributed by atoms with Crippen LogP contribution in [0.5, 0.6) is 0 Å². The number of likely N-dealkylation sites (N-methyl/N-ethyl adjacent to an activating group) is 1. The number of nitrogens with two attached hydrogens (primary N) is 1. The van der Waals surface area contributed by atoms with Crippen LogP contribution >= 0.6 is 0 Å². The van der Waals surface area contributed by atoms with Crippen molar-refractivity contribution in [3.63, 3.8) is 0 Å². The Kier molecular flexibility index (Phi) is 3.10. The van der Waals surface area contributed by atoms with Gasteiger partial charge in [-0.15, -0.1) is 0 Å². The predicted molar refractivity (Wildman–Crippen MR) is 64.3 cm³/mol. The highest BCUT2D eigenvalue weighted by Crippen LogP contribution is 2.15. The van der Waals surface area contributed by atoms with Gasteiger partial charge < -0.3 is 15.5 Å². The molecule has 0 bridgehead atoms. The molecule has 1 unspecified atom stereocenters. The predicted octanol–water partition coefficient (Wildman–Crippen LogP) is 0.292. The van der Waals surface area contributed by atoms with Crippen molar-refractivity contribution in [1.29, 1.82) is 0 Å². The Hall–Kier alpha value is -1.55. The van der Waals surface area contributed by atoms with Crippen molar-refractivity contribution in [3.8, 4) is 0 Å². The summed E-state index contributed by atoms with van der Waals surface area (Å²) in [5, 5.41) is 0. The first-order valence-corrected chi connectivity index (χ1v) is 5.49. The first kappa shape index (κ1) is 11.0. The van der Waals surface area contributed by atoms with E-state index >= 15 is 0 Å². The molecule has 1 aliphatic rings. The van der Waals surface area contributed by atoms with Crippen LogP contribution in [0.4, 0.5) is 5.69 Å². The van der Waals surface area contributed by atoms with Crippen LogP contribution in [-0.2, 0) is 4.79 Å². The molecular weight excluding hydrogens is 202 g/mol. The number of anilines is 1. The van der Waals surface area contributed by atoms with E-state index in [0.717, 1.165) is 18.8 Å². The van der Waals surface area contributed by atoms with E-state index in [1.54, 1.807) is 11.9 Å². The fourth-order valence-corrected chi connectivity index (χ4v) is 1.94. The summed E-state index contributed by atoms with van der Waals surface area (Å²) in [5.41, 5.74) is 6.99. The number of carbonyl (C=O) groups excluding carboxylic acids is 1. The number of para-hydroxylation sites is 1. The average molecular weight is 219 g/mol. The molecule has 2 rings (SSSR count). The number of hydrogen-bond donors (Lipinski definition) is 1. The van der Waals surface area contributed by atoms with Gasteiger partial charge in [0.1, 0.15) is 6.04 Å². The van der Waals surface area contributed by atoms with Crippen LogP contribution in [0.2, 0.25) is 0 Å². The molecule has 1 saturated heterocycles. The van der Waals surface area contributed by atoms with Crippen molar-refractivity contribution in [2.45, 2.75) is 6.04 Å². The molecule has 16 heavy (non-hydrogen) atoms. The van der Waals surface area contributed by atoms with Crippen molar-refractivity contribution in [2.24, 2.45) is 5.73 Å². The smallest absolute Gasteiger partial charge is 0.241 e. The Morgan fingerprint density at radius 2 is 1.94 bits per heavy atom. The Balaban J connectivity index is 2.16. The number of amides is 1. The third kappa shape index (κ3) is 2.17. The summed E-state index contributed by atoms with van der Waals surface area (Å²) in [5.74, 6) is 0.0263. The lowest BCUT2D eigenvalue weighted by molar-refractivity contribution is -0.130. The molecule has 2 N–H and O–H groups in total. The number of nitrogens with zero attached hydrogens (tertiary/aromatic N) is 2. The Morgan fingerprint density at radius 1 is 1.25 bits per heavy atom. The molecule has 0 radical (unpaired) electrons. The van der Waals surface area contributed by atoms with Crippen molar-refractivity contribution in [1.82, 2.24) is 4.90 Å². The van der Waals surface area contributed by atoms with Crippen LogP contribution in [-0.4, -0.2) is 43.5 Å². The van der Waals surface area contributed by atoms with E-state index in [2.05, 4.69) is 4.90 Å². The van der Waals surface area contributed by atoms with E-state index in [1.807, 2.05) is 30.3 Å². The maximum Gasteiger partial charge on any atom is 0.241 e. The van der Waals surface area contributed by atoms with Gasteiger partial charge in [0, 0.05) is 32.4 Å². The van der Waals surface area contributed by atoms with Crippen LogP contribution in [0.15, 0.2) is 30.3 Å². The number of benzene rings is 1. The van der Waals surface area contributed by atoms with E-state index in [4.69, 9.17) is 5.73 Å². The lowest BCUT2D eigenvalue weighted by Crippen LogP contribution is -2.44. The van der Waals surface area contributed by atoms with Crippen molar-refractivity contribution in [2.75, 3.05) is 31.6 Å². The summed E-state index contributed by atoms with van der Waals surface area (Å²) >= 11 is 0. The van der Waals surface area contributed by atoms with Gasteiger partial charge in [-0.3, -0.25) is 4.79 Å². The van der Waals surface area contributed by atoms with Crippen molar-refractivity contribution >= 4 is 11.6 Å². The summed E-state index contributed by atoms with van der Waals surface area (Å²) in [6.07, 6.45) is 0. The van der Waals surface area contributed by atoms with Crippen LogP contribution in [0.1, 0.15) is 0 Å². The molecule has 1 amide bonds. The molecular formula is C12H17N3O. The molecule has 4 nitrogen and oxygen atoms in total. The fraction of sp³-hybridized carbons (Fsp3) is 0.417. The summed E-state index contributed by atoms with van der Waals surface area (Å²) in [7, 11) is 1.80. The standard InChI is InChI=1S/C12H17N3O/c1-14-7-8-15(9-11(13)12(14)16)10-5-3-2-4-6-10/h2-6,11H,7-9,13H2,1H3. The average Bonchev–Trinajstić information content (AvgIpc) is 2.44. The minimum atomic E-state index is -0.423. The SMILES string of the molecule is CN1CCN(c2ccccc2)CC(N)C1=O. The first-order chi connectivity index (χ1) is 7.68. The zero-order valence-corrected chi connectivity index (χ0v) is 9.47. The summed E-state index contributed by atoms with van der Waals surface area (Å²) < 4.78 is 0. The van der Waals surface area contributed by atoms with Crippen LogP contribution in [0.25, 0.3) is 0 Å². The molecule has 4 heteroatoms. The summed E-state index contributed by atoms with van der Waals surface area (Å²) in [4.78, 5) is 15.6. The minimum absolute atomic E-state index is 0.0263. The molecule has 1 fully saturated rings. The van der Waals surface area contributed by atoms with Gasteiger partial charge in [-0.25, -0.2) is 0 Å². The molecule has 1 aromatic rings. The molecule has 0 saturated carbocycles. The molecule has 1 aromatic carbocycles. The van der Waals surface area contributed by atoms with Crippen LogP contribution in [0, 0.1) is 0 Å². The monoisotopic (exact) mass is 219 g/mol. The normalized spacial score (nSPS) is 22.1. The largest absolute Gasteiger partial charge is 0.368 e. The summed E-state index contributed by atoms with van der Waals surface area (Å²) in [6.45, 7) is 2.15. The van der Waals surface area contributed by atoms with Gasteiger partial charge in [0.15, 0.2) is 0 Å². The fourth-order valence-electron chi connectivity index (χ4n) is 1.94. The third-order valence-electron chi connectivity index (χ3n) is 2.94. The zero-order chi connectivity index (χ0) is 11.5. The molecule has 86 valence electrons. The highest BCUT2D eigenvalue weighted by atomic mass is 16.2. The topological polar surface area (TPSA) is 49.6 Å². The lowest BCUT2D eigenvalue weighted by atomic mass is 10.2. The maximum absolute atomic E-state index is 11.7. The number of rotatable bonds is 1. The van der Waals surface area contributed by atoms with Gasteiger partial charge in [-0.05, 0) is 12.1 Å². The Morgan fingerprint density at radius 3 is 2.62 bits per heavy atom. The van der Waals surface area contributed by atoms with Crippen LogP contribution < -0.4 is 10.6 Å². The van der Waals surface area contributed by atoms with E-state index in [1.165, 1.54) is 0 Å². The zero-order valence-electron chi connectivity index (χ0n) is 9.47. The highest BCUT2D eigenvalue weighted by molar-refractivity contribution is 5.82. The van der Waals surface area contributed by atoms with Crippen molar-refractivity contribution < 1.29 is 4.79 Å². The van der Waals surface area contributed by atoms with Gasteiger partial charge in [0.05, 0.1) is 0 Å². The van der Waals surface area contributed by atoms with Crippen molar-refractivity contribution in [3.05, 3.63) is 30.3 Å². The number of hydrogen-bond acceptors (Lipinski definition) is 3. The minimum Gasteiger partial charge on any atom is -0.368 e. The lowest BCUT2D eigenvalue weighted by Gasteiger charge is -2.23. The second-order valence-electron chi connectivity index (χ2n) is 4.15. The third-order valence-corrected chi connectivity index (χ3v) is 2.94. The second-order valence-corrected chi connectivity index (χ2v) is 4.15. The van der Waals surface area contributed by atoms with Gasteiger partial charge >= 0.3 is 0 Å². The Bertz CT molecular complexity index is 366. The van der Waals surface area contributed by atoms with E-state index in [-0.39, 0.29) is 5.91 Å². The van der Waals surface area contributed by atoms with Gasteiger partial charge in [0.25, 0.3) is 0 Å². The Labute approximate surface area is 95.6 Å². The van der Waals surface area contributed by atoms with Crippen LogP contribution in [0.3, 0.4) is 0 Å². The quantitative estimate of drug-likeness (QED) is 0.738. The van der Waals surface area contributed by atoms with Gasteiger partial charge in [-0.1, -0.05) is 18.2 Å². The molecule has 1 aliphatic heterocycles. The van der Waals surface area contributed by atoms with E-state index in [0.29, 0.717) is 6.54 Å². The summed E-state index contributed by atoms with van der Waals surface area (Å²) in [6, 6.07) is 9.64. The molecule has 1 atom stereocenters. The van der Waals surface area contributed by atoms with E-state index in [9.17, 15) is 4.79 Å². The molecule has 0 spiro atoms. The molecule has 0 aromatic heterocycles. The van der Waals surface area contributed by atoms with E-state index < -0.39 is 6.04 Å². The molecule has 0 aliphatic carbocycles. The second kappa shape index (κ2) is 4.53. The van der Waals surface area contributed by atoms with Gasteiger partial charge in [0.2, 0.25) is 5.91 Å². The van der Waals surface area contributed by atoms with Gasteiger partial charge in [-0.2, -0.15) is 0 Å². The maximum atomic E-state index is 11.7. The first-order valence-electron chi connectivity index (χ1n) is 5.49. The molecule has 1 heterocycles.